The summed E-state index contributed by atoms with van der Waals surface area (Å²) in [6.45, 7) is 14.3. The molecule has 3 N–H and O–H groups in total. The third kappa shape index (κ3) is 4.36. The second kappa shape index (κ2) is 8.47. The van der Waals surface area contributed by atoms with Gasteiger partial charge in [0, 0.05) is 5.56 Å². The molecule has 10 nitrogen and oxygen atoms in total. The van der Waals surface area contributed by atoms with E-state index in [-0.39, 0.29) is 24.1 Å². The molecule has 1 amide bonds. The SMILES string of the molecule is CC1(C)O[C@H]2[C@H](c3csc4c(NC(=O)O)ncnc34)O[C@](CO)(CO[Si](C)(C)C(C)(C)C)[C@H]2O1. The highest BCUT2D eigenvalue weighted by atomic mass is 32.1. The number of aromatic nitrogens is 2. The van der Waals surface area contributed by atoms with Crippen molar-refractivity contribution in [3.63, 3.8) is 0 Å². The van der Waals surface area contributed by atoms with Crippen LogP contribution in [-0.4, -0.2) is 71.4 Å². The zero-order valence-corrected chi connectivity index (χ0v) is 22.4. The predicted octanol–water partition coefficient (Wildman–Crippen LogP) is 4.13. The van der Waals surface area contributed by atoms with E-state index in [4.69, 9.17) is 23.7 Å². The summed E-state index contributed by atoms with van der Waals surface area (Å²) in [4.78, 5) is 19.6. The molecule has 0 radical (unpaired) electrons. The van der Waals surface area contributed by atoms with Crippen molar-refractivity contribution in [2.24, 2.45) is 0 Å². The molecule has 0 aromatic carbocycles. The Morgan fingerprint density at radius 3 is 2.59 bits per heavy atom. The van der Waals surface area contributed by atoms with Crippen molar-refractivity contribution >= 4 is 41.8 Å². The molecule has 2 aromatic rings. The Balaban J connectivity index is 1.72. The molecule has 4 heterocycles. The monoisotopic (exact) mass is 511 g/mol. The van der Waals surface area contributed by atoms with Crippen LogP contribution < -0.4 is 5.32 Å². The van der Waals surface area contributed by atoms with Crippen LogP contribution in [0.1, 0.15) is 46.3 Å². The average molecular weight is 512 g/mol. The average Bonchev–Trinajstić information content (AvgIpc) is 3.36. The van der Waals surface area contributed by atoms with E-state index in [2.05, 4.69) is 49.1 Å². The smallest absolute Gasteiger partial charge is 0.410 e. The first-order valence-electron chi connectivity index (χ1n) is 11.2. The van der Waals surface area contributed by atoms with Crippen LogP contribution >= 0.6 is 11.3 Å². The zero-order valence-electron chi connectivity index (χ0n) is 20.5. The van der Waals surface area contributed by atoms with Gasteiger partial charge in [0.2, 0.25) is 0 Å². The van der Waals surface area contributed by atoms with Gasteiger partial charge >= 0.3 is 6.09 Å². The molecule has 0 saturated carbocycles. The second-order valence-corrected chi connectivity index (χ2v) is 16.5. The Kier molecular flexibility index (Phi) is 6.33. The van der Waals surface area contributed by atoms with Crippen molar-refractivity contribution in [1.82, 2.24) is 9.97 Å². The summed E-state index contributed by atoms with van der Waals surface area (Å²) in [5.41, 5.74) is 0.178. The molecule has 2 fully saturated rings. The quantitative estimate of drug-likeness (QED) is 0.490. The highest BCUT2D eigenvalue weighted by Crippen LogP contribution is 2.52. The number of aliphatic hydroxyl groups excluding tert-OH is 1. The van der Waals surface area contributed by atoms with E-state index in [9.17, 15) is 9.90 Å². The molecule has 188 valence electrons. The van der Waals surface area contributed by atoms with E-state index < -0.39 is 44.1 Å². The van der Waals surface area contributed by atoms with Gasteiger partial charge in [-0.2, -0.15) is 0 Å². The van der Waals surface area contributed by atoms with Crippen LogP contribution in [0.15, 0.2) is 11.7 Å². The molecular weight excluding hydrogens is 478 g/mol. The first kappa shape index (κ1) is 25.4. The fraction of sp³-hybridized carbons (Fsp3) is 0.682. The Hall–Kier alpha value is -1.67. The van der Waals surface area contributed by atoms with Crippen molar-refractivity contribution in [3.05, 3.63) is 17.3 Å². The van der Waals surface area contributed by atoms with Crippen LogP contribution in [0.4, 0.5) is 10.6 Å². The topological polar surface area (TPSA) is 132 Å². The van der Waals surface area contributed by atoms with Gasteiger partial charge in [-0.15, -0.1) is 11.3 Å². The molecule has 2 saturated heterocycles. The summed E-state index contributed by atoms with van der Waals surface area (Å²) in [6.07, 6.45) is -1.55. The number of hydrogen-bond donors (Lipinski definition) is 3. The van der Waals surface area contributed by atoms with E-state index in [0.717, 1.165) is 5.56 Å². The van der Waals surface area contributed by atoms with E-state index >= 15 is 0 Å². The van der Waals surface area contributed by atoms with Crippen molar-refractivity contribution < 1.29 is 33.6 Å². The largest absolute Gasteiger partial charge is 0.465 e. The highest BCUT2D eigenvalue weighted by molar-refractivity contribution is 7.18. The maximum absolute atomic E-state index is 11.2. The number of rotatable bonds is 6. The van der Waals surface area contributed by atoms with E-state index in [0.29, 0.717) is 10.2 Å². The number of nitrogens with zero attached hydrogens (tertiary/aromatic N) is 2. The van der Waals surface area contributed by atoms with Gasteiger partial charge in [0.15, 0.2) is 19.9 Å². The molecule has 2 aliphatic heterocycles. The number of ether oxygens (including phenoxy) is 3. The van der Waals surface area contributed by atoms with Gasteiger partial charge < -0.3 is 28.8 Å². The lowest BCUT2D eigenvalue weighted by atomic mass is 9.95. The first-order chi connectivity index (χ1) is 15.7. The molecule has 12 heteroatoms. The number of carbonyl (C=O) groups is 1. The standard InChI is InChI=1S/C22H33N3O7SSi/c1-20(2,3)34(6,7)29-10-22(9-26)17-15(30-21(4,5)32-17)14(31-22)12-8-33-16-13(12)23-11-24-18(16)25-19(27)28/h8,11,14-15,17,26H,9-10H2,1-7H3,(H,27,28)(H,23,24,25)/t14-,15-,17-,22+/m0/s1. The molecule has 4 atom stereocenters. The van der Waals surface area contributed by atoms with Gasteiger partial charge in [-0.1, -0.05) is 20.8 Å². The number of fused-ring (bicyclic) bond motifs is 2. The van der Waals surface area contributed by atoms with Crippen LogP contribution in [0, 0.1) is 0 Å². The van der Waals surface area contributed by atoms with Gasteiger partial charge in [0.1, 0.15) is 30.2 Å². The van der Waals surface area contributed by atoms with Gasteiger partial charge in [-0.3, -0.25) is 5.32 Å². The van der Waals surface area contributed by atoms with E-state index in [1.807, 2.05) is 19.2 Å². The Bertz CT molecular complexity index is 1090. The minimum absolute atomic E-state index is 0.0125. The molecule has 0 bridgehead atoms. The minimum Gasteiger partial charge on any atom is -0.465 e. The lowest BCUT2D eigenvalue weighted by molar-refractivity contribution is -0.223. The third-order valence-electron chi connectivity index (χ3n) is 6.97. The van der Waals surface area contributed by atoms with Gasteiger partial charge in [-0.05, 0) is 37.4 Å². The number of hydrogen-bond acceptors (Lipinski definition) is 9. The molecular formula is C22H33N3O7SSi. The van der Waals surface area contributed by atoms with Gasteiger partial charge in [0.25, 0.3) is 0 Å². The van der Waals surface area contributed by atoms with Crippen molar-refractivity contribution in [1.29, 1.82) is 0 Å². The predicted molar refractivity (Wildman–Crippen MR) is 130 cm³/mol. The number of thiophene rings is 1. The summed E-state index contributed by atoms with van der Waals surface area (Å²) in [6, 6.07) is 0. The highest BCUT2D eigenvalue weighted by Gasteiger charge is 2.64. The van der Waals surface area contributed by atoms with Crippen molar-refractivity contribution in [2.45, 2.75) is 82.5 Å². The maximum Gasteiger partial charge on any atom is 0.410 e. The van der Waals surface area contributed by atoms with Crippen molar-refractivity contribution in [3.8, 4) is 0 Å². The first-order valence-corrected chi connectivity index (χ1v) is 15.0. The molecule has 0 spiro atoms. The minimum atomic E-state index is -2.14. The van der Waals surface area contributed by atoms with Crippen LogP contribution in [-0.2, 0) is 18.6 Å². The molecule has 4 rings (SSSR count). The number of aliphatic hydroxyl groups is 1. The lowest BCUT2D eigenvalue weighted by Crippen LogP contribution is -2.54. The van der Waals surface area contributed by atoms with Crippen LogP contribution in [0.25, 0.3) is 10.2 Å². The van der Waals surface area contributed by atoms with E-state index in [1.54, 1.807) is 0 Å². The molecule has 34 heavy (non-hydrogen) atoms. The number of anilines is 1. The van der Waals surface area contributed by atoms with Gasteiger partial charge in [-0.25, -0.2) is 14.8 Å². The molecule has 2 aliphatic rings. The van der Waals surface area contributed by atoms with Crippen LogP contribution in [0.3, 0.4) is 0 Å². The van der Waals surface area contributed by atoms with Crippen LogP contribution in [0.2, 0.25) is 18.1 Å². The molecule has 2 aromatic heterocycles. The van der Waals surface area contributed by atoms with Crippen LogP contribution in [0.5, 0.6) is 0 Å². The summed E-state index contributed by atoms with van der Waals surface area (Å²) in [5.74, 6) is -0.659. The Morgan fingerprint density at radius 2 is 1.97 bits per heavy atom. The fourth-order valence-corrected chi connectivity index (χ4v) is 6.14. The molecule has 0 aliphatic carbocycles. The Labute approximate surface area is 203 Å². The fourth-order valence-electron chi connectivity index (χ4n) is 4.11. The van der Waals surface area contributed by atoms with Crippen molar-refractivity contribution in [2.75, 3.05) is 18.5 Å². The summed E-state index contributed by atoms with van der Waals surface area (Å²) in [5, 5.41) is 23.9. The lowest BCUT2D eigenvalue weighted by Gasteiger charge is -2.40. The third-order valence-corrected chi connectivity index (χ3v) is 12.4. The Morgan fingerprint density at radius 1 is 1.26 bits per heavy atom. The normalized spacial score (nSPS) is 28.9. The van der Waals surface area contributed by atoms with E-state index in [1.165, 1.54) is 17.7 Å². The number of nitrogens with one attached hydrogen (secondary N) is 1. The summed E-state index contributed by atoms with van der Waals surface area (Å²) < 4.78 is 26.1. The second-order valence-electron chi connectivity index (χ2n) is 10.9. The zero-order chi connectivity index (χ0) is 25.1. The number of carboxylic acid groups (broad SMARTS) is 1. The summed E-state index contributed by atoms with van der Waals surface area (Å²) in [7, 11) is -2.14. The maximum atomic E-state index is 11.2. The number of amides is 1. The summed E-state index contributed by atoms with van der Waals surface area (Å²) >= 11 is 1.32. The molecule has 0 unspecified atom stereocenters. The van der Waals surface area contributed by atoms with Gasteiger partial charge in [0.05, 0.1) is 23.4 Å².